The third kappa shape index (κ3) is 4.86. The lowest BCUT2D eigenvalue weighted by Gasteiger charge is -2.35. The topological polar surface area (TPSA) is 49.3 Å². The van der Waals surface area contributed by atoms with Crippen molar-refractivity contribution in [1.29, 1.82) is 0 Å². The summed E-state index contributed by atoms with van der Waals surface area (Å²) < 4.78 is 39.0. The maximum atomic E-state index is 13.0. The summed E-state index contributed by atoms with van der Waals surface area (Å²) in [6.45, 7) is 9.46. The summed E-state index contributed by atoms with van der Waals surface area (Å²) in [6.07, 6.45) is -4.51. The largest absolute Gasteiger partial charge is 0.433 e. The molecule has 0 unspecified atom stereocenters. The van der Waals surface area contributed by atoms with Crippen LogP contribution in [-0.2, 0) is 11.6 Å². The Kier molecular flexibility index (Phi) is 5.56. The first-order valence-electron chi connectivity index (χ1n) is 9.53. The van der Waals surface area contributed by atoms with Crippen LogP contribution in [0.3, 0.4) is 0 Å². The predicted octanol–water partition coefficient (Wildman–Crippen LogP) is 4.06. The van der Waals surface area contributed by atoms with Crippen molar-refractivity contribution in [1.82, 2.24) is 14.9 Å². The second kappa shape index (κ2) is 7.65. The fourth-order valence-corrected chi connectivity index (χ4v) is 3.29. The molecule has 3 rings (SSSR count). The molecular weight excluding hydrogens is 381 g/mol. The Morgan fingerprint density at radius 2 is 1.55 bits per heavy atom. The van der Waals surface area contributed by atoms with Gasteiger partial charge in [0.05, 0.1) is 0 Å². The number of carbonyl (C=O) groups is 1. The van der Waals surface area contributed by atoms with Gasteiger partial charge in [-0.3, -0.25) is 4.79 Å². The lowest BCUT2D eigenvalue weighted by atomic mass is 9.86. The lowest BCUT2D eigenvalue weighted by Crippen LogP contribution is -2.49. The van der Waals surface area contributed by atoms with Crippen molar-refractivity contribution < 1.29 is 18.0 Å². The smallest absolute Gasteiger partial charge is 0.353 e. The van der Waals surface area contributed by atoms with Gasteiger partial charge < -0.3 is 9.80 Å². The van der Waals surface area contributed by atoms with Gasteiger partial charge in [0, 0.05) is 37.8 Å². The zero-order valence-corrected chi connectivity index (χ0v) is 17.0. The number of aryl methyl sites for hydroxylation is 1. The van der Waals surface area contributed by atoms with E-state index in [4.69, 9.17) is 0 Å². The van der Waals surface area contributed by atoms with Crippen molar-refractivity contribution in [2.75, 3.05) is 31.1 Å². The first-order valence-corrected chi connectivity index (χ1v) is 9.53. The average Bonchev–Trinajstić information content (AvgIpc) is 2.66. The SMILES string of the molecule is Cc1nc(N2CCN(C(=O)c3ccc(C(C)(C)C)cc3)CC2)cc(C(F)(F)F)n1. The minimum atomic E-state index is -4.51. The highest BCUT2D eigenvalue weighted by atomic mass is 19.4. The quantitative estimate of drug-likeness (QED) is 0.755. The second-order valence-corrected chi connectivity index (χ2v) is 8.26. The van der Waals surface area contributed by atoms with Crippen molar-refractivity contribution in [2.24, 2.45) is 0 Å². The minimum absolute atomic E-state index is 0.0120. The van der Waals surface area contributed by atoms with E-state index in [-0.39, 0.29) is 23.0 Å². The molecule has 0 spiro atoms. The van der Waals surface area contributed by atoms with Gasteiger partial charge in [0.1, 0.15) is 17.3 Å². The molecule has 1 saturated heterocycles. The number of halogens is 3. The number of alkyl halides is 3. The van der Waals surface area contributed by atoms with Crippen LogP contribution < -0.4 is 4.90 Å². The predicted molar refractivity (Wildman–Crippen MR) is 105 cm³/mol. The number of hydrogen-bond donors (Lipinski definition) is 0. The fraction of sp³-hybridized carbons (Fsp3) is 0.476. The van der Waals surface area contributed by atoms with Gasteiger partial charge in [-0.15, -0.1) is 0 Å². The van der Waals surface area contributed by atoms with E-state index in [1.807, 2.05) is 24.3 Å². The molecule has 8 heteroatoms. The number of piperazine rings is 1. The molecule has 29 heavy (non-hydrogen) atoms. The summed E-state index contributed by atoms with van der Waals surface area (Å²) in [6, 6.07) is 8.56. The summed E-state index contributed by atoms with van der Waals surface area (Å²) in [5.41, 5.74) is 0.831. The number of amides is 1. The second-order valence-electron chi connectivity index (χ2n) is 8.26. The first-order chi connectivity index (χ1) is 13.4. The third-order valence-corrected chi connectivity index (χ3v) is 5.00. The van der Waals surface area contributed by atoms with Crippen LogP contribution in [0.4, 0.5) is 19.0 Å². The molecule has 2 aromatic rings. The van der Waals surface area contributed by atoms with E-state index in [9.17, 15) is 18.0 Å². The van der Waals surface area contributed by atoms with Gasteiger partial charge >= 0.3 is 6.18 Å². The van der Waals surface area contributed by atoms with E-state index >= 15 is 0 Å². The fourth-order valence-electron chi connectivity index (χ4n) is 3.29. The van der Waals surface area contributed by atoms with Crippen LogP contribution in [0, 0.1) is 6.92 Å². The molecule has 1 aromatic carbocycles. The Morgan fingerprint density at radius 1 is 0.966 bits per heavy atom. The number of nitrogens with zero attached hydrogens (tertiary/aromatic N) is 4. The summed E-state index contributed by atoms with van der Waals surface area (Å²) >= 11 is 0. The van der Waals surface area contributed by atoms with Gasteiger partial charge in [-0.2, -0.15) is 13.2 Å². The Hall–Kier alpha value is -2.64. The number of rotatable bonds is 2. The Bertz CT molecular complexity index is 880. The van der Waals surface area contributed by atoms with Gasteiger partial charge in [0.15, 0.2) is 0 Å². The van der Waals surface area contributed by atoms with Crippen LogP contribution in [0.15, 0.2) is 30.3 Å². The molecule has 0 radical (unpaired) electrons. The molecule has 0 bridgehead atoms. The van der Waals surface area contributed by atoms with Crippen LogP contribution in [0.1, 0.15) is 48.2 Å². The Morgan fingerprint density at radius 3 is 2.07 bits per heavy atom. The third-order valence-electron chi connectivity index (χ3n) is 5.00. The molecule has 0 saturated carbocycles. The molecule has 1 aliphatic rings. The molecule has 0 atom stereocenters. The van der Waals surface area contributed by atoms with E-state index in [2.05, 4.69) is 30.7 Å². The molecule has 1 fully saturated rings. The van der Waals surface area contributed by atoms with Gasteiger partial charge in [0.25, 0.3) is 5.91 Å². The van der Waals surface area contributed by atoms with Crippen LogP contribution in [-0.4, -0.2) is 47.0 Å². The highest BCUT2D eigenvalue weighted by Crippen LogP contribution is 2.30. The van der Waals surface area contributed by atoms with Crippen molar-refractivity contribution in [3.63, 3.8) is 0 Å². The maximum Gasteiger partial charge on any atom is 0.433 e. The van der Waals surface area contributed by atoms with E-state index < -0.39 is 11.9 Å². The standard InChI is InChI=1S/C21H25F3N4O/c1-14-25-17(21(22,23)24)13-18(26-14)27-9-11-28(12-10-27)19(29)15-5-7-16(8-6-15)20(2,3)4/h5-8,13H,9-12H2,1-4H3. The monoisotopic (exact) mass is 406 g/mol. The van der Waals surface area contributed by atoms with Crippen molar-refractivity contribution in [3.05, 3.63) is 53.0 Å². The number of hydrogen-bond acceptors (Lipinski definition) is 4. The van der Waals surface area contributed by atoms with E-state index in [0.29, 0.717) is 31.7 Å². The van der Waals surface area contributed by atoms with E-state index in [1.54, 1.807) is 9.80 Å². The molecule has 5 nitrogen and oxygen atoms in total. The van der Waals surface area contributed by atoms with Crippen LogP contribution in [0.5, 0.6) is 0 Å². The molecule has 0 N–H and O–H groups in total. The summed E-state index contributed by atoms with van der Waals surface area (Å²) in [5, 5.41) is 0. The molecule has 2 heterocycles. The average molecular weight is 406 g/mol. The number of aromatic nitrogens is 2. The molecular formula is C21H25F3N4O. The number of anilines is 1. The highest BCUT2D eigenvalue weighted by molar-refractivity contribution is 5.94. The van der Waals surface area contributed by atoms with Gasteiger partial charge in [-0.1, -0.05) is 32.9 Å². The van der Waals surface area contributed by atoms with E-state index in [1.165, 1.54) is 6.92 Å². The molecule has 1 aliphatic heterocycles. The first kappa shape index (κ1) is 21.1. The molecule has 156 valence electrons. The summed E-state index contributed by atoms with van der Waals surface area (Å²) in [7, 11) is 0. The summed E-state index contributed by atoms with van der Waals surface area (Å²) in [4.78, 5) is 23.9. The van der Waals surface area contributed by atoms with Gasteiger partial charge in [-0.25, -0.2) is 9.97 Å². The normalized spacial score (nSPS) is 15.6. The van der Waals surface area contributed by atoms with Crippen molar-refractivity contribution in [3.8, 4) is 0 Å². The van der Waals surface area contributed by atoms with Gasteiger partial charge in [-0.05, 0) is 30.0 Å². The van der Waals surface area contributed by atoms with Crippen LogP contribution in [0.2, 0.25) is 0 Å². The Balaban J connectivity index is 1.68. The zero-order chi connectivity index (χ0) is 21.4. The molecule has 1 aromatic heterocycles. The minimum Gasteiger partial charge on any atom is -0.353 e. The van der Waals surface area contributed by atoms with Crippen LogP contribution >= 0.6 is 0 Å². The Labute approximate surface area is 168 Å². The highest BCUT2D eigenvalue weighted by Gasteiger charge is 2.34. The number of carbonyl (C=O) groups excluding carboxylic acids is 1. The van der Waals surface area contributed by atoms with Crippen molar-refractivity contribution >= 4 is 11.7 Å². The number of benzene rings is 1. The van der Waals surface area contributed by atoms with E-state index in [0.717, 1.165) is 11.6 Å². The van der Waals surface area contributed by atoms with Gasteiger partial charge in [0.2, 0.25) is 0 Å². The molecule has 1 amide bonds. The maximum absolute atomic E-state index is 13.0. The van der Waals surface area contributed by atoms with Crippen LogP contribution in [0.25, 0.3) is 0 Å². The molecule has 0 aliphatic carbocycles. The lowest BCUT2D eigenvalue weighted by molar-refractivity contribution is -0.141. The zero-order valence-electron chi connectivity index (χ0n) is 17.0. The van der Waals surface area contributed by atoms with Crippen molar-refractivity contribution in [2.45, 2.75) is 39.3 Å². The summed E-state index contributed by atoms with van der Waals surface area (Å²) in [5.74, 6) is 0.249.